The van der Waals surface area contributed by atoms with Crippen LogP contribution in [0.15, 0.2) is 42.5 Å². The van der Waals surface area contributed by atoms with E-state index in [0.29, 0.717) is 24.2 Å². The van der Waals surface area contributed by atoms with Crippen LogP contribution in [0.5, 0.6) is 0 Å². The highest BCUT2D eigenvalue weighted by molar-refractivity contribution is 6.14. The molecule has 142 valence electrons. The van der Waals surface area contributed by atoms with Gasteiger partial charge in [0, 0.05) is 35.7 Å². The van der Waals surface area contributed by atoms with Crippen molar-refractivity contribution in [1.82, 2.24) is 9.88 Å². The molecule has 3 aromatic rings. The molecular formula is C23H23N3O2. The Kier molecular flexibility index (Phi) is 4.51. The Bertz CT molecular complexity index is 1120. The summed E-state index contributed by atoms with van der Waals surface area (Å²) in [4.78, 5) is 30.7. The molecule has 0 radical (unpaired) electrons. The van der Waals surface area contributed by atoms with Gasteiger partial charge in [-0.1, -0.05) is 30.4 Å². The Morgan fingerprint density at radius 1 is 1.21 bits per heavy atom. The molecule has 0 spiro atoms. The monoisotopic (exact) mass is 373 g/mol. The molecule has 2 N–H and O–H groups in total. The molecule has 2 heterocycles. The highest BCUT2D eigenvalue weighted by atomic mass is 16.2. The smallest absolute Gasteiger partial charge is 0.272 e. The summed E-state index contributed by atoms with van der Waals surface area (Å²) < 4.78 is 0. The number of nitrogens with zero attached hydrogens (tertiary/aromatic N) is 1. The van der Waals surface area contributed by atoms with Gasteiger partial charge in [-0.3, -0.25) is 9.59 Å². The number of carbonyl (C=O) groups excluding carboxylic acids is 2. The second-order valence-electron chi connectivity index (χ2n) is 7.16. The number of rotatable bonds is 3. The maximum Gasteiger partial charge on any atom is 0.272 e. The minimum Gasteiger partial charge on any atom is -0.350 e. The van der Waals surface area contributed by atoms with Gasteiger partial charge < -0.3 is 15.2 Å². The minimum atomic E-state index is -0.185. The lowest BCUT2D eigenvalue weighted by Crippen LogP contribution is -2.27. The number of aromatic amines is 1. The van der Waals surface area contributed by atoms with Crippen LogP contribution in [0.25, 0.3) is 17.0 Å². The number of H-pyrrole nitrogens is 1. The summed E-state index contributed by atoms with van der Waals surface area (Å²) in [5.41, 5.74) is 5.78. The Balaban J connectivity index is 1.77. The van der Waals surface area contributed by atoms with E-state index in [4.69, 9.17) is 0 Å². The first-order valence-corrected chi connectivity index (χ1v) is 9.44. The van der Waals surface area contributed by atoms with Crippen molar-refractivity contribution >= 4 is 34.5 Å². The quantitative estimate of drug-likeness (QED) is 0.715. The van der Waals surface area contributed by atoms with Gasteiger partial charge in [0.15, 0.2) is 0 Å². The summed E-state index contributed by atoms with van der Waals surface area (Å²) in [6.07, 6.45) is 4.64. The zero-order valence-electron chi connectivity index (χ0n) is 16.3. The Labute approximate surface area is 164 Å². The van der Waals surface area contributed by atoms with Crippen LogP contribution in [0.1, 0.15) is 44.5 Å². The second-order valence-corrected chi connectivity index (χ2v) is 7.16. The second kappa shape index (κ2) is 7.00. The van der Waals surface area contributed by atoms with E-state index < -0.39 is 0 Å². The molecule has 0 aliphatic carbocycles. The first-order chi connectivity index (χ1) is 13.5. The topological polar surface area (TPSA) is 65.2 Å². The molecule has 0 saturated heterocycles. The SMILES string of the molecule is C/C=C\c1cccc(NC(=O)c2[nH]c3cccc4c3c2CCN(C)C4=O)c1C. The number of nitrogens with one attached hydrogen (secondary N) is 2. The molecule has 1 aliphatic heterocycles. The van der Waals surface area contributed by atoms with Crippen LogP contribution < -0.4 is 5.32 Å². The van der Waals surface area contributed by atoms with Gasteiger partial charge in [-0.2, -0.15) is 0 Å². The number of amides is 2. The van der Waals surface area contributed by atoms with E-state index in [1.165, 1.54) is 0 Å². The number of likely N-dealkylation sites (N-methyl/N-ethyl adjacent to an activating group) is 1. The van der Waals surface area contributed by atoms with Crippen molar-refractivity contribution in [3.63, 3.8) is 0 Å². The van der Waals surface area contributed by atoms with Crippen LogP contribution in [0.3, 0.4) is 0 Å². The molecule has 0 bridgehead atoms. The lowest BCUT2D eigenvalue weighted by molar-refractivity contribution is 0.0801. The Morgan fingerprint density at radius 2 is 2.00 bits per heavy atom. The largest absolute Gasteiger partial charge is 0.350 e. The van der Waals surface area contributed by atoms with E-state index >= 15 is 0 Å². The highest BCUT2D eigenvalue weighted by Gasteiger charge is 2.27. The van der Waals surface area contributed by atoms with Gasteiger partial charge >= 0.3 is 0 Å². The molecule has 2 aromatic carbocycles. The van der Waals surface area contributed by atoms with Crippen molar-refractivity contribution in [3.05, 3.63) is 70.4 Å². The van der Waals surface area contributed by atoms with Gasteiger partial charge in [0.05, 0.1) is 0 Å². The van der Waals surface area contributed by atoms with Gasteiger partial charge in [-0.15, -0.1) is 0 Å². The Morgan fingerprint density at radius 3 is 2.79 bits per heavy atom. The molecule has 1 aliphatic rings. The van der Waals surface area contributed by atoms with E-state index in [0.717, 1.165) is 33.3 Å². The fourth-order valence-electron chi connectivity index (χ4n) is 3.86. The summed E-state index contributed by atoms with van der Waals surface area (Å²) in [6.45, 7) is 4.55. The first-order valence-electron chi connectivity index (χ1n) is 9.44. The van der Waals surface area contributed by atoms with E-state index in [9.17, 15) is 9.59 Å². The molecular weight excluding hydrogens is 350 g/mol. The van der Waals surface area contributed by atoms with Crippen molar-refractivity contribution in [2.24, 2.45) is 0 Å². The van der Waals surface area contributed by atoms with Gasteiger partial charge in [0.1, 0.15) is 5.69 Å². The summed E-state index contributed by atoms with van der Waals surface area (Å²) in [5.74, 6) is -0.194. The summed E-state index contributed by atoms with van der Waals surface area (Å²) in [5, 5.41) is 3.91. The molecule has 0 saturated carbocycles. The lowest BCUT2D eigenvalue weighted by Gasteiger charge is -2.14. The lowest BCUT2D eigenvalue weighted by atomic mass is 10.0. The summed E-state index contributed by atoms with van der Waals surface area (Å²) >= 11 is 0. The van der Waals surface area contributed by atoms with Crippen molar-refractivity contribution in [2.45, 2.75) is 20.3 Å². The predicted molar refractivity (Wildman–Crippen MR) is 113 cm³/mol. The molecule has 5 heteroatoms. The minimum absolute atomic E-state index is 0.00907. The molecule has 2 amide bonds. The third kappa shape index (κ3) is 2.89. The number of hydrogen-bond acceptors (Lipinski definition) is 2. The number of aromatic nitrogens is 1. The summed E-state index contributed by atoms with van der Waals surface area (Å²) in [6, 6.07) is 11.5. The fourth-order valence-corrected chi connectivity index (χ4v) is 3.86. The zero-order chi connectivity index (χ0) is 19.8. The number of allylic oxidation sites excluding steroid dienone is 1. The van der Waals surface area contributed by atoms with Gasteiger partial charge in [0.2, 0.25) is 0 Å². The van der Waals surface area contributed by atoms with Crippen LogP contribution in [0.2, 0.25) is 0 Å². The maximum absolute atomic E-state index is 13.1. The standard InChI is InChI=1S/C23H23N3O2/c1-4-7-15-8-5-10-18(14(15)2)25-22(27)21-16-12-13-26(3)23(28)17-9-6-11-19(24-21)20(16)17/h4-11,24H,12-13H2,1-3H3,(H,25,27)/b7-4-. The van der Waals surface area contributed by atoms with Crippen LogP contribution in [-0.2, 0) is 6.42 Å². The molecule has 0 atom stereocenters. The van der Waals surface area contributed by atoms with E-state index in [1.54, 1.807) is 11.9 Å². The average molecular weight is 373 g/mol. The van der Waals surface area contributed by atoms with Gasteiger partial charge in [-0.25, -0.2) is 0 Å². The maximum atomic E-state index is 13.1. The van der Waals surface area contributed by atoms with Crippen molar-refractivity contribution in [1.29, 1.82) is 0 Å². The van der Waals surface area contributed by atoms with E-state index in [-0.39, 0.29) is 11.8 Å². The average Bonchev–Trinajstić information content (AvgIpc) is 3.01. The number of anilines is 1. The normalized spacial score (nSPS) is 14.0. The predicted octanol–water partition coefficient (Wildman–Crippen LogP) is 4.39. The summed E-state index contributed by atoms with van der Waals surface area (Å²) in [7, 11) is 1.80. The number of hydrogen-bond donors (Lipinski definition) is 2. The molecule has 0 fully saturated rings. The van der Waals surface area contributed by atoms with E-state index in [1.807, 2.05) is 62.4 Å². The van der Waals surface area contributed by atoms with Crippen molar-refractivity contribution < 1.29 is 9.59 Å². The van der Waals surface area contributed by atoms with Gasteiger partial charge in [-0.05, 0) is 55.2 Å². The van der Waals surface area contributed by atoms with Crippen molar-refractivity contribution in [2.75, 3.05) is 18.9 Å². The molecule has 4 rings (SSSR count). The first kappa shape index (κ1) is 18.0. The van der Waals surface area contributed by atoms with E-state index in [2.05, 4.69) is 10.3 Å². The Hall–Kier alpha value is -3.34. The van der Waals surface area contributed by atoms with Crippen LogP contribution in [0.4, 0.5) is 5.69 Å². The number of carbonyl (C=O) groups is 2. The van der Waals surface area contributed by atoms with Crippen molar-refractivity contribution in [3.8, 4) is 0 Å². The molecule has 0 unspecified atom stereocenters. The third-order valence-electron chi connectivity index (χ3n) is 5.40. The van der Waals surface area contributed by atoms with Crippen LogP contribution in [0, 0.1) is 6.92 Å². The fraction of sp³-hybridized carbons (Fsp3) is 0.217. The number of benzene rings is 2. The van der Waals surface area contributed by atoms with Crippen LogP contribution in [-0.4, -0.2) is 35.3 Å². The van der Waals surface area contributed by atoms with Gasteiger partial charge in [0.25, 0.3) is 11.8 Å². The highest BCUT2D eigenvalue weighted by Crippen LogP contribution is 2.31. The molecule has 28 heavy (non-hydrogen) atoms. The zero-order valence-corrected chi connectivity index (χ0v) is 16.3. The molecule has 1 aromatic heterocycles. The third-order valence-corrected chi connectivity index (χ3v) is 5.40. The molecule has 5 nitrogen and oxygen atoms in total. The van der Waals surface area contributed by atoms with Crippen LogP contribution >= 0.6 is 0 Å².